The maximum absolute atomic E-state index is 14.2. The monoisotopic (exact) mass is 231 g/mol. The number of alkyl halides is 1. The summed E-state index contributed by atoms with van der Waals surface area (Å²) in [5, 5.41) is 3.31. The Bertz CT molecular complexity index is 188. The van der Waals surface area contributed by atoms with Crippen molar-refractivity contribution in [2.24, 2.45) is 5.92 Å². The van der Waals surface area contributed by atoms with Crippen LogP contribution in [0, 0.1) is 5.92 Å². The summed E-state index contributed by atoms with van der Waals surface area (Å²) in [4.78, 5) is 0. The number of ether oxygens (including phenoxy) is 1. The first-order chi connectivity index (χ1) is 7.49. The Morgan fingerprint density at radius 2 is 2.25 bits per heavy atom. The van der Waals surface area contributed by atoms with Gasteiger partial charge < -0.3 is 10.1 Å². The molecule has 3 heteroatoms. The van der Waals surface area contributed by atoms with Gasteiger partial charge in [-0.25, -0.2) is 4.39 Å². The van der Waals surface area contributed by atoms with E-state index in [1.54, 1.807) is 6.92 Å². The molecule has 2 unspecified atom stereocenters. The van der Waals surface area contributed by atoms with E-state index in [1.165, 1.54) is 0 Å². The van der Waals surface area contributed by atoms with Crippen LogP contribution >= 0.6 is 0 Å². The zero-order valence-electron chi connectivity index (χ0n) is 10.9. The Balaban J connectivity index is 2.21. The summed E-state index contributed by atoms with van der Waals surface area (Å²) in [5.41, 5.74) is -1.05. The second-order valence-electron chi connectivity index (χ2n) is 5.63. The summed E-state index contributed by atoms with van der Waals surface area (Å²) >= 11 is 0. The van der Waals surface area contributed by atoms with Crippen molar-refractivity contribution in [3.05, 3.63) is 0 Å². The van der Waals surface area contributed by atoms with E-state index in [0.717, 1.165) is 26.0 Å². The van der Waals surface area contributed by atoms with Crippen molar-refractivity contribution >= 4 is 0 Å². The number of hydrogen-bond acceptors (Lipinski definition) is 2. The minimum absolute atomic E-state index is 0.197. The van der Waals surface area contributed by atoms with Gasteiger partial charge >= 0.3 is 0 Å². The van der Waals surface area contributed by atoms with Gasteiger partial charge in [0.15, 0.2) is 0 Å². The molecule has 1 saturated heterocycles. The topological polar surface area (TPSA) is 21.3 Å². The molecule has 0 bridgehead atoms. The summed E-state index contributed by atoms with van der Waals surface area (Å²) in [6.07, 6.45) is 3.35. The van der Waals surface area contributed by atoms with Crippen molar-refractivity contribution in [1.29, 1.82) is 0 Å². The summed E-state index contributed by atoms with van der Waals surface area (Å²) < 4.78 is 19.6. The molecule has 0 aromatic heterocycles. The standard InChI is InChI=1S/C13H26FNO/c1-11(2)5-4-6-13(3,14)9-12-10-16-8-7-15-12/h11-12,15H,4-10H2,1-3H3. The normalized spacial score (nSPS) is 25.7. The van der Waals surface area contributed by atoms with Gasteiger partial charge in [0.25, 0.3) is 0 Å². The largest absolute Gasteiger partial charge is 0.379 e. The summed E-state index contributed by atoms with van der Waals surface area (Å²) in [6, 6.07) is 0.197. The van der Waals surface area contributed by atoms with Crippen molar-refractivity contribution in [3.8, 4) is 0 Å². The molecule has 1 fully saturated rings. The van der Waals surface area contributed by atoms with E-state index in [9.17, 15) is 4.39 Å². The average Bonchev–Trinajstić information content (AvgIpc) is 2.17. The lowest BCUT2D eigenvalue weighted by Gasteiger charge is -2.30. The van der Waals surface area contributed by atoms with Crippen LogP contribution in [-0.2, 0) is 4.74 Å². The molecule has 96 valence electrons. The predicted molar refractivity (Wildman–Crippen MR) is 65.4 cm³/mol. The minimum atomic E-state index is -1.05. The van der Waals surface area contributed by atoms with Gasteiger partial charge in [0, 0.05) is 12.6 Å². The third-order valence-electron chi connectivity index (χ3n) is 3.15. The number of halogens is 1. The van der Waals surface area contributed by atoms with Gasteiger partial charge in [0.1, 0.15) is 5.67 Å². The Morgan fingerprint density at radius 3 is 2.81 bits per heavy atom. The Hall–Kier alpha value is -0.150. The third kappa shape index (κ3) is 5.80. The number of nitrogens with one attached hydrogen (secondary N) is 1. The summed E-state index contributed by atoms with van der Waals surface area (Å²) in [7, 11) is 0. The van der Waals surface area contributed by atoms with Crippen LogP contribution in [0.1, 0.15) is 46.5 Å². The Kier molecular flexibility index (Phi) is 5.70. The number of rotatable bonds is 6. The van der Waals surface area contributed by atoms with Gasteiger partial charge in [-0.2, -0.15) is 0 Å². The fourth-order valence-electron chi connectivity index (χ4n) is 2.25. The molecule has 2 atom stereocenters. The molecule has 1 rings (SSSR count). The first-order valence-electron chi connectivity index (χ1n) is 6.50. The van der Waals surface area contributed by atoms with Crippen LogP contribution < -0.4 is 5.32 Å². The molecular formula is C13H26FNO. The molecule has 0 amide bonds. The molecule has 0 aromatic rings. The van der Waals surface area contributed by atoms with Crippen molar-refractivity contribution in [3.63, 3.8) is 0 Å². The zero-order chi connectivity index (χ0) is 12.0. The lowest BCUT2D eigenvalue weighted by molar-refractivity contribution is 0.0449. The van der Waals surface area contributed by atoms with Crippen molar-refractivity contribution in [2.45, 2.75) is 58.2 Å². The fourth-order valence-corrected chi connectivity index (χ4v) is 2.25. The molecule has 1 aliphatic heterocycles. The van der Waals surface area contributed by atoms with Crippen LogP contribution in [0.25, 0.3) is 0 Å². The molecular weight excluding hydrogens is 205 g/mol. The zero-order valence-corrected chi connectivity index (χ0v) is 10.9. The highest BCUT2D eigenvalue weighted by Crippen LogP contribution is 2.26. The molecule has 1 N–H and O–H groups in total. The molecule has 0 aliphatic carbocycles. The van der Waals surface area contributed by atoms with Crippen LogP contribution in [0.4, 0.5) is 4.39 Å². The molecule has 0 spiro atoms. The molecule has 2 nitrogen and oxygen atoms in total. The second kappa shape index (κ2) is 6.55. The minimum Gasteiger partial charge on any atom is -0.379 e. The van der Waals surface area contributed by atoms with Crippen molar-refractivity contribution < 1.29 is 9.13 Å². The second-order valence-corrected chi connectivity index (χ2v) is 5.63. The van der Waals surface area contributed by atoms with Crippen LogP contribution in [0.2, 0.25) is 0 Å². The number of morpholine rings is 1. The van der Waals surface area contributed by atoms with Crippen molar-refractivity contribution in [1.82, 2.24) is 5.32 Å². The summed E-state index contributed by atoms with van der Waals surface area (Å²) in [6.45, 7) is 8.37. The molecule has 0 radical (unpaired) electrons. The van der Waals surface area contributed by atoms with E-state index in [4.69, 9.17) is 4.74 Å². The highest BCUT2D eigenvalue weighted by molar-refractivity contribution is 4.82. The van der Waals surface area contributed by atoms with Crippen LogP contribution in [0.15, 0.2) is 0 Å². The van der Waals surface area contributed by atoms with Gasteiger partial charge in [-0.15, -0.1) is 0 Å². The number of hydrogen-bond donors (Lipinski definition) is 1. The first-order valence-corrected chi connectivity index (χ1v) is 6.50. The lowest BCUT2D eigenvalue weighted by atomic mass is 9.91. The fraction of sp³-hybridized carbons (Fsp3) is 1.00. The van der Waals surface area contributed by atoms with E-state index < -0.39 is 5.67 Å². The van der Waals surface area contributed by atoms with Crippen LogP contribution in [0.3, 0.4) is 0 Å². The van der Waals surface area contributed by atoms with Gasteiger partial charge in [0.2, 0.25) is 0 Å². The van der Waals surface area contributed by atoms with Gasteiger partial charge in [-0.1, -0.05) is 26.7 Å². The Morgan fingerprint density at radius 1 is 1.50 bits per heavy atom. The van der Waals surface area contributed by atoms with Gasteiger partial charge in [0.05, 0.1) is 13.2 Å². The SMILES string of the molecule is CC(C)CCCC(C)(F)CC1COCCN1. The Labute approximate surface area is 98.9 Å². The third-order valence-corrected chi connectivity index (χ3v) is 3.15. The highest BCUT2D eigenvalue weighted by atomic mass is 19.1. The van der Waals surface area contributed by atoms with E-state index in [1.807, 2.05) is 0 Å². The molecule has 0 saturated carbocycles. The molecule has 0 aromatic carbocycles. The van der Waals surface area contributed by atoms with E-state index >= 15 is 0 Å². The van der Waals surface area contributed by atoms with E-state index in [2.05, 4.69) is 19.2 Å². The predicted octanol–water partition coefficient (Wildman–Crippen LogP) is 2.92. The van der Waals surface area contributed by atoms with Crippen LogP contribution in [-0.4, -0.2) is 31.5 Å². The quantitative estimate of drug-likeness (QED) is 0.759. The first kappa shape index (κ1) is 13.9. The lowest BCUT2D eigenvalue weighted by Crippen LogP contribution is -2.44. The smallest absolute Gasteiger partial charge is 0.109 e. The van der Waals surface area contributed by atoms with Gasteiger partial charge in [-0.3, -0.25) is 0 Å². The highest BCUT2D eigenvalue weighted by Gasteiger charge is 2.28. The maximum Gasteiger partial charge on any atom is 0.109 e. The van der Waals surface area contributed by atoms with Crippen LogP contribution in [0.5, 0.6) is 0 Å². The molecule has 1 heterocycles. The van der Waals surface area contributed by atoms with E-state index in [0.29, 0.717) is 25.4 Å². The average molecular weight is 231 g/mol. The van der Waals surface area contributed by atoms with Crippen molar-refractivity contribution in [2.75, 3.05) is 19.8 Å². The molecule has 1 aliphatic rings. The maximum atomic E-state index is 14.2. The molecule has 16 heavy (non-hydrogen) atoms. The van der Waals surface area contributed by atoms with E-state index in [-0.39, 0.29) is 6.04 Å². The summed E-state index contributed by atoms with van der Waals surface area (Å²) in [5.74, 6) is 0.673. The van der Waals surface area contributed by atoms with Gasteiger partial charge in [-0.05, 0) is 25.7 Å².